The predicted molar refractivity (Wildman–Crippen MR) is 83.6 cm³/mol. The first kappa shape index (κ1) is 17.2. The van der Waals surface area contributed by atoms with Crippen molar-refractivity contribution in [2.24, 2.45) is 0 Å². The molecule has 6 heteroatoms. The van der Waals surface area contributed by atoms with Crippen LogP contribution in [0.1, 0.15) is 11.6 Å². The molecule has 0 aliphatic rings. The Bertz CT molecular complexity index is 620. The summed E-state index contributed by atoms with van der Waals surface area (Å²) in [5.41, 5.74) is 1.37. The number of aliphatic hydroxyl groups excluding tert-OH is 1. The van der Waals surface area contributed by atoms with Crippen LogP contribution in [0.2, 0.25) is 0 Å². The Balaban J connectivity index is 2.10. The molecule has 2 aromatic rings. The molecule has 2 aromatic carbocycles. The van der Waals surface area contributed by atoms with Gasteiger partial charge in [-0.15, -0.1) is 0 Å². The maximum Gasteiger partial charge on any atom is 0.159 e. The summed E-state index contributed by atoms with van der Waals surface area (Å²) in [6.07, 6.45) is 0. The Hall–Kier alpha value is -2.18. The van der Waals surface area contributed by atoms with E-state index >= 15 is 0 Å². The quantitative estimate of drug-likeness (QED) is 0.784. The van der Waals surface area contributed by atoms with Crippen molar-refractivity contribution in [1.29, 1.82) is 0 Å². The second-order valence-electron chi connectivity index (χ2n) is 4.92. The molecule has 1 atom stereocenters. The summed E-state index contributed by atoms with van der Waals surface area (Å²) < 4.78 is 36.9. The number of rotatable bonds is 8. The Morgan fingerprint density at radius 1 is 1.09 bits per heavy atom. The minimum absolute atomic E-state index is 0.0496. The molecule has 0 fully saturated rings. The van der Waals surface area contributed by atoms with Crippen molar-refractivity contribution in [3.8, 4) is 5.75 Å². The first-order valence-electron chi connectivity index (χ1n) is 7.18. The number of hydrogen-bond donors (Lipinski definition) is 2. The summed E-state index contributed by atoms with van der Waals surface area (Å²) in [4.78, 5) is 0. The van der Waals surface area contributed by atoms with Crippen molar-refractivity contribution in [2.45, 2.75) is 6.04 Å². The molecule has 0 heterocycles. The average Bonchev–Trinajstić information content (AvgIpc) is 2.56. The van der Waals surface area contributed by atoms with E-state index in [1.165, 1.54) is 6.07 Å². The van der Waals surface area contributed by atoms with E-state index in [1.807, 2.05) is 0 Å². The Kier molecular flexibility index (Phi) is 6.31. The Morgan fingerprint density at radius 3 is 2.43 bits per heavy atom. The zero-order chi connectivity index (χ0) is 16.7. The van der Waals surface area contributed by atoms with Gasteiger partial charge in [-0.2, -0.15) is 0 Å². The zero-order valence-corrected chi connectivity index (χ0v) is 12.8. The molecular formula is C17H19F2NO3. The van der Waals surface area contributed by atoms with Crippen LogP contribution in [0.25, 0.3) is 0 Å². The minimum atomic E-state index is -0.891. The lowest BCUT2D eigenvalue weighted by Gasteiger charge is -2.20. The van der Waals surface area contributed by atoms with Crippen LogP contribution in [0.4, 0.5) is 14.5 Å². The highest BCUT2D eigenvalue weighted by Crippen LogP contribution is 2.23. The average molecular weight is 323 g/mol. The van der Waals surface area contributed by atoms with Gasteiger partial charge in [0.2, 0.25) is 0 Å². The molecule has 0 radical (unpaired) electrons. The summed E-state index contributed by atoms with van der Waals surface area (Å²) in [5, 5.41) is 11.9. The van der Waals surface area contributed by atoms with Crippen LogP contribution >= 0.6 is 0 Å². The van der Waals surface area contributed by atoms with Gasteiger partial charge < -0.3 is 19.9 Å². The number of halogens is 2. The molecule has 0 aliphatic heterocycles. The zero-order valence-electron chi connectivity index (χ0n) is 12.8. The third kappa shape index (κ3) is 4.91. The van der Waals surface area contributed by atoms with E-state index in [0.29, 0.717) is 17.9 Å². The molecule has 2 rings (SSSR count). The van der Waals surface area contributed by atoms with Crippen LogP contribution in [0.3, 0.4) is 0 Å². The fraction of sp³-hybridized carbons (Fsp3) is 0.294. The molecule has 0 amide bonds. The lowest BCUT2D eigenvalue weighted by atomic mass is 10.1. The third-order valence-electron chi connectivity index (χ3n) is 3.23. The van der Waals surface area contributed by atoms with Crippen LogP contribution < -0.4 is 10.1 Å². The predicted octanol–water partition coefficient (Wildman–Crippen LogP) is 3.14. The number of hydrogen-bond acceptors (Lipinski definition) is 4. The summed E-state index contributed by atoms with van der Waals surface area (Å²) in [5.74, 6) is -1.13. The molecule has 0 bridgehead atoms. The van der Waals surface area contributed by atoms with Crippen LogP contribution in [-0.4, -0.2) is 32.0 Å². The Labute approximate surface area is 133 Å². The van der Waals surface area contributed by atoms with Crippen molar-refractivity contribution in [2.75, 3.05) is 32.2 Å². The van der Waals surface area contributed by atoms with Gasteiger partial charge in [-0.1, -0.05) is 6.07 Å². The molecule has 23 heavy (non-hydrogen) atoms. The van der Waals surface area contributed by atoms with E-state index in [-0.39, 0.29) is 19.3 Å². The van der Waals surface area contributed by atoms with E-state index in [9.17, 15) is 8.78 Å². The number of ether oxygens (including phenoxy) is 2. The Morgan fingerprint density at radius 2 is 1.83 bits per heavy atom. The second kappa shape index (κ2) is 8.45. The number of aliphatic hydroxyl groups is 1. The van der Waals surface area contributed by atoms with E-state index in [0.717, 1.165) is 17.8 Å². The number of benzene rings is 2. The molecular weight excluding hydrogens is 304 g/mol. The van der Waals surface area contributed by atoms with Crippen LogP contribution in [-0.2, 0) is 4.74 Å². The summed E-state index contributed by atoms with van der Waals surface area (Å²) in [7, 11) is 1.54. The van der Waals surface area contributed by atoms with Gasteiger partial charge in [0.25, 0.3) is 0 Å². The molecule has 1 unspecified atom stereocenters. The third-order valence-corrected chi connectivity index (χ3v) is 3.23. The van der Waals surface area contributed by atoms with E-state index in [4.69, 9.17) is 14.6 Å². The summed E-state index contributed by atoms with van der Waals surface area (Å²) in [6, 6.07) is 10.6. The maximum atomic E-state index is 13.4. The van der Waals surface area contributed by atoms with Crippen molar-refractivity contribution in [3.05, 3.63) is 59.7 Å². The van der Waals surface area contributed by atoms with Crippen LogP contribution in [0.15, 0.2) is 42.5 Å². The van der Waals surface area contributed by atoms with Gasteiger partial charge in [-0.05, 0) is 42.0 Å². The molecule has 4 nitrogen and oxygen atoms in total. The second-order valence-corrected chi connectivity index (χ2v) is 4.92. The van der Waals surface area contributed by atoms with Crippen LogP contribution in [0, 0.1) is 11.6 Å². The highest BCUT2D eigenvalue weighted by atomic mass is 19.2. The highest BCUT2D eigenvalue weighted by Gasteiger charge is 2.14. The molecule has 0 saturated heterocycles. The van der Waals surface area contributed by atoms with E-state index in [1.54, 1.807) is 31.4 Å². The fourth-order valence-electron chi connectivity index (χ4n) is 2.13. The summed E-state index contributed by atoms with van der Waals surface area (Å²) >= 11 is 0. The lowest BCUT2D eigenvalue weighted by molar-refractivity contribution is 0.186. The van der Waals surface area contributed by atoms with Gasteiger partial charge >= 0.3 is 0 Å². The molecule has 0 aromatic heterocycles. The largest absolute Gasteiger partial charge is 0.491 e. The topological polar surface area (TPSA) is 50.7 Å². The van der Waals surface area contributed by atoms with Crippen molar-refractivity contribution in [1.82, 2.24) is 0 Å². The van der Waals surface area contributed by atoms with Gasteiger partial charge in [0.15, 0.2) is 11.6 Å². The number of anilines is 1. The fourth-order valence-corrected chi connectivity index (χ4v) is 2.13. The van der Waals surface area contributed by atoms with E-state index < -0.39 is 11.6 Å². The highest BCUT2D eigenvalue weighted by molar-refractivity contribution is 5.48. The first-order valence-corrected chi connectivity index (χ1v) is 7.18. The van der Waals surface area contributed by atoms with Gasteiger partial charge in [-0.25, -0.2) is 8.78 Å². The number of nitrogens with one attached hydrogen (secondary N) is 1. The monoisotopic (exact) mass is 323 g/mol. The van der Waals surface area contributed by atoms with Gasteiger partial charge in [0, 0.05) is 12.8 Å². The van der Waals surface area contributed by atoms with Crippen molar-refractivity contribution >= 4 is 5.69 Å². The molecule has 0 saturated carbocycles. The molecule has 2 N–H and O–H groups in total. The standard InChI is InChI=1S/C17H19F2NO3/c1-22-11-17(12-2-7-15(18)16(19)10-12)20-13-3-5-14(6-4-13)23-9-8-21/h2-7,10,17,20-21H,8-9,11H2,1H3. The van der Waals surface area contributed by atoms with Crippen molar-refractivity contribution in [3.63, 3.8) is 0 Å². The van der Waals surface area contributed by atoms with Crippen molar-refractivity contribution < 1.29 is 23.4 Å². The van der Waals surface area contributed by atoms with Gasteiger partial charge in [-0.3, -0.25) is 0 Å². The summed E-state index contributed by atoms with van der Waals surface area (Å²) in [6.45, 7) is 0.480. The first-order chi connectivity index (χ1) is 11.1. The SMILES string of the molecule is COCC(Nc1ccc(OCCO)cc1)c1ccc(F)c(F)c1. The van der Waals surface area contributed by atoms with Gasteiger partial charge in [0.1, 0.15) is 12.4 Å². The minimum Gasteiger partial charge on any atom is -0.491 e. The normalized spacial score (nSPS) is 12.0. The maximum absolute atomic E-state index is 13.4. The molecule has 124 valence electrons. The number of methoxy groups -OCH3 is 1. The van der Waals surface area contributed by atoms with E-state index in [2.05, 4.69) is 5.32 Å². The molecule has 0 spiro atoms. The smallest absolute Gasteiger partial charge is 0.159 e. The van der Waals surface area contributed by atoms with Crippen LogP contribution in [0.5, 0.6) is 5.75 Å². The lowest BCUT2D eigenvalue weighted by Crippen LogP contribution is -2.16. The molecule has 0 aliphatic carbocycles. The van der Waals surface area contributed by atoms with Gasteiger partial charge in [0.05, 0.1) is 19.3 Å².